The number of allylic oxidation sites excluding steroid dienone is 8. The van der Waals surface area contributed by atoms with Gasteiger partial charge in [-0.05, 0) is 113 Å². The molecule has 0 saturated heterocycles. The highest BCUT2D eigenvalue weighted by Gasteiger charge is 2.40. The van der Waals surface area contributed by atoms with Crippen molar-refractivity contribution in [3.8, 4) is 0 Å². The second-order valence-electron chi connectivity index (χ2n) is 13.4. The number of hydrogen-bond acceptors (Lipinski definition) is 2. The maximum absolute atomic E-state index is 4.95. The molecule has 0 spiro atoms. The van der Waals surface area contributed by atoms with Crippen LogP contribution in [0.3, 0.4) is 0 Å². The fourth-order valence-electron chi connectivity index (χ4n) is 8.17. The van der Waals surface area contributed by atoms with E-state index in [1.165, 1.54) is 48.1 Å². The van der Waals surface area contributed by atoms with Crippen molar-refractivity contribution in [3.63, 3.8) is 0 Å². The Balaban J connectivity index is 1.23. The number of pyridine rings is 1. The zero-order valence-electron chi connectivity index (χ0n) is 28.6. The van der Waals surface area contributed by atoms with E-state index in [4.69, 9.17) is 4.98 Å². The maximum Gasteiger partial charge on any atom is 0.145 e. The number of para-hydroxylation sites is 2. The lowest BCUT2D eigenvalue weighted by molar-refractivity contribution is 0.783. The average Bonchev–Trinajstić information content (AvgIpc) is 3.55. The van der Waals surface area contributed by atoms with Crippen molar-refractivity contribution in [2.75, 3.05) is 4.90 Å². The molecule has 9 rings (SSSR count). The molecule has 3 aliphatic carbocycles. The Morgan fingerprint density at radius 3 is 2.06 bits per heavy atom. The van der Waals surface area contributed by atoms with Crippen LogP contribution in [0.4, 0.5) is 11.4 Å². The van der Waals surface area contributed by atoms with Gasteiger partial charge in [0.15, 0.2) is 0 Å². The van der Waals surface area contributed by atoms with Crippen LogP contribution in [0.25, 0.3) is 27.6 Å². The first kappa shape index (κ1) is 31.4. The van der Waals surface area contributed by atoms with Gasteiger partial charge in [-0.25, -0.2) is 4.98 Å². The minimum Gasteiger partial charge on any atom is -0.334 e. The summed E-state index contributed by atoms with van der Waals surface area (Å²) in [6, 6.07) is 44.8. The normalized spacial score (nSPS) is 20.2. The van der Waals surface area contributed by atoms with Crippen molar-refractivity contribution in [1.29, 1.82) is 0 Å². The van der Waals surface area contributed by atoms with Gasteiger partial charge in [0.05, 0.1) is 11.6 Å². The molecule has 2 aromatic heterocycles. The van der Waals surface area contributed by atoms with E-state index in [0.717, 1.165) is 31.3 Å². The molecule has 0 amide bonds. The van der Waals surface area contributed by atoms with Gasteiger partial charge < -0.3 is 4.90 Å². The van der Waals surface area contributed by atoms with E-state index in [1.54, 1.807) is 0 Å². The van der Waals surface area contributed by atoms with Crippen LogP contribution in [0.15, 0.2) is 203 Å². The molecular weight excluding hydrogens is 639 g/mol. The predicted molar refractivity (Wildman–Crippen MR) is 218 cm³/mol. The van der Waals surface area contributed by atoms with Crippen LogP contribution < -0.4 is 4.90 Å². The van der Waals surface area contributed by atoms with Gasteiger partial charge in [0.2, 0.25) is 0 Å². The third kappa shape index (κ3) is 5.51. The Bertz CT molecular complexity index is 2340. The Kier molecular flexibility index (Phi) is 8.39. The Morgan fingerprint density at radius 1 is 0.627 bits per heavy atom. The fraction of sp³-hybridized carbons (Fsp3) is 0.128. The van der Waals surface area contributed by atoms with E-state index < -0.39 is 10.0 Å². The predicted octanol–water partition coefficient (Wildman–Crippen LogP) is 12.5. The molecule has 0 bridgehead atoms. The third-order valence-electron chi connectivity index (χ3n) is 10.4. The van der Waals surface area contributed by atoms with Gasteiger partial charge in [-0.3, -0.25) is 4.57 Å². The Hall–Kier alpha value is -5.58. The van der Waals surface area contributed by atoms with Gasteiger partial charge in [0, 0.05) is 39.3 Å². The Morgan fingerprint density at radius 2 is 1.39 bits per heavy atom. The highest BCUT2D eigenvalue weighted by molar-refractivity contribution is 8.37. The summed E-state index contributed by atoms with van der Waals surface area (Å²) >= 11 is 0. The van der Waals surface area contributed by atoms with Gasteiger partial charge in [0.1, 0.15) is 5.65 Å². The zero-order chi connectivity index (χ0) is 34.0. The largest absolute Gasteiger partial charge is 0.334 e. The summed E-state index contributed by atoms with van der Waals surface area (Å²) in [4.78, 5) is 11.6. The number of rotatable bonds is 8. The molecule has 3 unspecified atom stereocenters. The van der Waals surface area contributed by atoms with Crippen molar-refractivity contribution in [2.24, 2.45) is 0 Å². The van der Waals surface area contributed by atoms with Crippen LogP contribution in [-0.2, 0) is 0 Å². The van der Waals surface area contributed by atoms with Crippen LogP contribution in [0, 0.1) is 0 Å². The smallest absolute Gasteiger partial charge is 0.145 e. The van der Waals surface area contributed by atoms with E-state index in [-0.39, 0.29) is 6.04 Å². The van der Waals surface area contributed by atoms with Gasteiger partial charge >= 0.3 is 0 Å². The maximum atomic E-state index is 4.95. The van der Waals surface area contributed by atoms with Crippen molar-refractivity contribution >= 4 is 49.0 Å². The van der Waals surface area contributed by atoms with Crippen LogP contribution >= 0.6 is 10.0 Å². The molecule has 0 aliphatic heterocycles. The second-order valence-corrected chi connectivity index (χ2v) is 16.7. The number of nitrogens with zero attached hydrogens (tertiary/aromatic N) is 3. The number of fused-ring (bicyclic) bond motifs is 3. The molecule has 3 atom stereocenters. The molecule has 2 heterocycles. The first-order valence-electron chi connectivity index (χ1n) is 18.1. The average molecular weight is 680 g/mol. The summed E-state index contributed by atoms with van der Waals surface area (Å²) in [5.74, 6) is 0. The summed E-state index contributed by atoms with van der Waals surface area (Å²) in [5, 5.41) is 2.77. The SMILES string of the molecule is C1=CCC(S(C2=CCC(N(c3ccccc3)c3ccccc3)C=C2)(c2ccccc2)c2ccc3c(c2)c2cccnc2n3C2=CCCC=C2)C=C1. The van der Waals surface area contributed by atoms with Gasteiger partial charge in [0.25, 0.3) is 0 Å². The van der Waals surface area contributed by atoms with E-state index in [2.05, 4.69) is 192 Å². The Labute approximate surface area is 302 Å². The summed E-state index contributed by atoms with van der Waals surface area (Å²) < 4.78 is 2.36. The van der Waals surface area contributed by atoms with E-state index in [0.29, 0.717) is 5.25 Å². The van der Waals surface area contributed by atoms with Crippen molar-refractivity contribution in [1.82, 2.24) is 9.55 Å². The minimum atomic E-state index is -1.75. The fourth-order valence-corrected chi connectivity index (χ4v) is 12.6. The van der Waals surface area contributed by atoms with Crippen LogP contribution in [-0.4, -0.2) is 20.8 Å². The first-order chi connectivity index (χ1) is 25.3. The quantitative estimate of drug-likeness (QED) is 0.160. The highest BCUT2D eigenvalue weighted by atomic mass is 32.3. The molecule has 0 fully saturated rings. The number of hydrogen-bond donors (Lipinski definition) is 0. The third-order valence-corrected chi connectivity index (χ3v) is 14.7. The molecule has 3 nitrogen and oxygen atoms in total. The van der Waals surface area contributed by atoms with Crippen LogP contribution in [0.1, 0.15) is 25.7 Å². The van der Waals surface area contributed by atoms with Crippen LogP contribution in [0.5, 0.6) is 0 Å². The molecule has 0 N–H and O–H groups in total. The molecule has 4 heteroatoms. The monoisotopic (exact) mass is 679 g/mol. The molecule has 250 valence electrons. The minimum absolute atomic E-state index is 0.191. The molecule has 51 heavy (non-hydrogen) atoms. The summed E-state index contributed by atoms with van der Waals surface area (Å²) in [7, 11) is -1.75. The number of benzene rings is 4. The van der Waals surface area contributed by atoms with Gasteiger partial charge in [-0.2, -0.15) is 10.0 Å². The summed E-state index contributed by atoms with van der Waals surface area (Å²) in [5.41, 5.74) is 5.84. The van der Waals surface area contributed by atoms with Crippen molar-refractivity contribution in [2.45, 2.75) is 46.8 Å². The molecule has 0 saturated carbocycles. The first-order valence-corrected chi connectivity index (χ1v) is 19.8. The van der Waals surface area contributed by atoms with Gasteiger partial charge in [-0.15, -0.1) is 0 Å². The zero-order valence-corrected chi connectivity index (χ0v) is 29.4. The number of aromatic nitrogens is 2. The van der Waals surface area contributed by atoms with Crippen LogP contribution in [0.2, 0.25) is 0 Å². The van der Waals surface area contributed by atoms with Crippen molar-refractivity contribution < 1.29 is 0 Å². The topological polar surface area (TPSA) is 21.1 Å². The second kappa shape index (κ2) is 13.6. The van der Waals surface area contributed by atoms with E-state index >= 15 is 0 Å². The van der Waals surface area contributed by atoms with Crippen molar-refractivity contribution in [3.05, 3.63) is 193 Å². The lowest BCUT2D eigenvalue weighted by Crippen LogP contribution is -2.31. The number of anilines is 2. The lowest BCUT2D eigenvalue weighted by atomic mass is 10.0. The highest BCUT2D eigenvalue weighted by Crippen LogP contribution is 2.73. The molecule has 3 aliphatic rings. The lowest BCUT2D eigenvalue weighted by Gasteiger charge is -2.49. The molecule has 0 radical (unpaired) electrons. The van der Waals surface area contributed by atoms with Gasteiger partial charge in [-0.1, -0.05) is 109 Å². The summed E-state index contributed by atoms with van der Waals surface area (Å²) in [6.07, 6.45) is 29.6. The molecular formula is C47H41N3S. The molecule has 6 aromatic rings. The van der Waals surface area contributed by atoms with E-state index in [1.807, 2.05) is 6.20 Å². The van der Waals surface area contributed by atoms with E-state index in [9.17, 15) is 0 Å². The standard InChI is InChI=1S/C47H41N3S/c1-6-17-36(18-7-1)49(37-19-8-2-9-20-37)39-28-30-42(31-29-39)51(40-23-12-4-13-24-40,41-25-14-5-15-26-41)43-32-33-46-45(35-43)44-27-16-34-48-47(44)50(46)38-21-10-3-11-22-38/h1-2,4-10,12-25,27-28,30-35,39,41H,3,11,26,29H2. The molecule has 4 aromatic carbocycles. The summed E-state index contributed by atoms with van der Waals surface area (Å²) in [6.45, 7) is 0.